The number of hydrogen-bond donors (Lipinski definition) is 2. The van der Waals surface area contributed by atoms with Crippen molar-refractivity contribution in [3.05, 3.63) is 23.9 Å². The molecular formula is C11H15F3N2O. The molecule has 1 rings (SSSR count). The van der Waals surface area contributed by atoms with Gasteiger partial charge in [-0.15, -0.1) is 0 Å². The van der Waals surface area contributed by atoms with Gasteiger partial charge in [0.2, 0.25) is 0 Å². The number of nitrogens with zero attached hydrogens (tertiary/aromatic N) is 1. The van der Waals surface area contributed by atoms with E-state index in [-0.39, 0.29) is 24.4 Å². The number of aliphatic hydroxyl groups excluding tert-OH is 1. The fourth-order valence-corrected chi connectivity index (χ4v) is 1.21. The number of alkyl halides is 3. The maximum Gasteiger partial charge on any atom is 0.433 e. The van der Waals surface area contributed by atoms with E-state index in [1.807, 2.05) is 0 Å². The summed E-state index contributed by atoms with van der Waals surface area (Å²) in [6.45, 7) is 3.54. The number of aliphatic hydroxyl groups is 1. The van der Waals surface area contributed by atoms with Crippen LogP contribution >= 0.6 is 0 Å². The molecule has 0 spiro atoms. The SMILES string of the molecule is CC(CO)C(C)Nc1cccc(C(F)(F)F)n1. The quantitative estimate of drug-likeness (QED) is 0.860. The average molecular weight is 248 g/mol. The van der Waals surface area contributed by atoms with Gasteiger partial charge in [0, 0.05) is 12.6 Å². The molecule has 2 atom stereocenters. The van der Waals surface area contributed by atoms with Crippen molar-refractivity contribution in [3.8, 4) is 0 Å². The van der Waals surface area contributed by atoms with Crippen LogP contribution in [0.2, 0.25) is 0 Å². The lowest BCUT2D eigenvalue weighted by molar-refractivity contribution is -0.141. The van der Waals surface area contributed by atoms with Gasteiger partial charge >= 0.3 is 6.18 Å². The largest absolute Gasteiger partial charge is 0.433 e. The summed E-state index contributed by atoms with van der Waals surface area (Å²) in [5, 5.41) is 11.8. The lowest BCUT2D eigenvalue weighted by atomic mass is 10.1. The summed E-state index contributed by atoms with van der Waals surface area (Å²) in [6.07, 6.45) is -4.44. The Bertz CT molecular complexity index is 368. The molecular weight excluding hydrogens is 233 g/mol. The first-order chi connectivity index (χ1) is 7.84. The fraction of sp³-hybridized carbons (Fsp3) is 0.545. The molecule has 0 amide bonds. The Morgan fingerprint density at radius 2 is 2.00 bits per heavy atom. The Kier molecular flexibility index (Phi) is 4.34. The Morgan fingerprint density at radius 3 is 2.53 bits per heavy atom. The third kappa shape index (κ3) is 3.89. The molecule has 0 saturated carbocycles. The molecule has 1 aromatic rings. The first-order valence-electron chi connectivity index (χ1n) is 5.26. The fourth-order valence-electron chi connectivity index (χ4n) is 1.21. The molecule has 2 N–H and O–H groups in total. The lowest BCUT2D eigenvalue weighted by Crippen LogP contribution is -2.27. The van der Waals surface area contributed by atoms with E-state index in [1.165, 1.54) is 12.1 Å². The standard InChI is InChI=1S/C11H15F3N2O/c1-7(6-17)8(2)15-10-5-3-4-9(16-10)11(12,13)14/h3-5,7-8,17H,6H2,1-2H3,(H,15,16). The highest BCUT2D eigenvalue weighted by Gasteiger charge is 2.32. The van der Waals surface area contributed by atoms with Gasteiger partial charge in [-0.05, 0) is 25.0 Å². The third-order valence-corrected chi connectivity index (χ3v) is 2.56. The van der Waals surface area contributed by atoms with Crippen molar-refractivity contribution in [1.82, 2.24) is 4.98 Å². The molecule has 0 aromatic carbocycles. The van der Waals surface area contributed by atoms with E-state index >= 15 is 0 Å². The van der Waals surface area contributed by atoms with E-state index < -0.39 is 11.9 Å². The number of halogens is 3. The lowest BCUT2D eigenvalue weighted by Gasteiger charge is -2.20. The molecule has 1 heterocycles. The summed E-state index contributed by atoms with van der Waals surface area (Å²) in [5.41, 5.74) is -0.925. The van der Waals surface area contributed by atoms with Crippen molar-refractivity contribution in [2.24, 2.45) is 5.92 Å². The summed E-state index contributed by atoms with van der Waals surface area (Å²) in [7, 11) is 0. The van der Waals surface area contributed by atoms with Gasteiger partial charge in [0.1, 0.15) is 11.5 Å². The van der Waals surface area contributed by atoms with Crippen molar-refractivity contribution < 1.29 is 18.3 Å². The monoisotopic (exact) mass is 248 g/mol. The van der Waals surface area contributed by atoms with Crippen molar-refractivity contribution >= 4 is 5.82 Å². The molecule has 0 bridgehead atoms. The van der Waals surface area contributed by atoms with E-state index in [0.717, 1.165) is 6.07 Å². The van der Waals surface area contributed by atoms with Gasteiger partial charge < -0.3 is 10.4 Å². The predicted octanol–water partition coefficient (Wildman–Crippen LogP) is 2.53. The molecule has 0 radical (unpaired) electrons. The van der Waals surface area contributed by atoms with Crippen LogP contribution in [0.15, 0.2) is 18.2 Å². The van der Waals surface area contributed by atoms with Crippen LogP contribution in [0.3, 0.4) is 0 Å². The minimum Gasteiger partial charge on any atom is -0.396 e. The molecule has 2 unspecified atom stereocenters. The molecule has 6 heteroatoms. The summed E-state index contributed by atoms with van der Waals surface area (Å²) < 4.78 is 37.2. The van der Waals surface area contributed by atoms with Gasteiger partial charge in [0.15, 0.2) is 0 Å². The number of anilines is 1. The molecule has 17 heavy (non-hydrogen) atoms. The summed E-state index contributed by atoms with van der Waals surface area (Å²) in [6, 6.07) is 3.53. The molecule has 96 valence electrons. The Morgan fingerprint density at radius 1 is 1.35 bits per heavy atom. The summed E-state index contributed by atoms with van der Waals surface area (Å²) in [4.78, 5) is 3.48. The normalized spacial score (nSPS) is 15.4. The molecule has 0 fully saturated rings. The van der Waals surface area contributed by atoms with E-state index in [4.69, 9.17) is 5.11 Å². The average Bonchev–Trinajstić information content (AvgIpc) is 2.27. The van der Waals surface area contributed by atoms with Gasteiger partial charge in [-0.2, -0.15) is 13.2 Å². The predicted molar refractivity (Wildman–Crippen MR) is 58.6 cm³/mol. The van der Waals surface area contributed by atoms with Crippen LogP contribution in [0.1, 0.15) is 19.5 Å². The minimum absolute atomic E-state index is 0.0346. The third-order valence-electron chi connectivity index (χ3n) is 2.56. The molecule has 0 aliphatic carbocycles. The van der Waals surface area contributed by atoms with Crippen LogP contribution < -0.4 is 5.32 Å². The number of rotatable bonds is 4. The van der Waals surface area contributed by atoms with Crippen LogP contribution in [0.4, 0.5) is 19.0 Å². The Hall–Kier alpha value is -1.30. The molecule has 0 aliphatic rings. The molecule has 0 aliphatic heterocycles. The van der Waals surface area contributed by atoms with E-state index in [9.17, 15) is 13.2 Å². The zero-order valence-corrected chi connectivity index (χ0v) is 9.62. The van der Waals surface area contributed by atoms with Crippen LogP contribution in [0.25, 0.3) is 0 Å². The number of nitrogens with one attached hydrogen (secondary N) is 1. The van der Waals surface area contributed by atoms with Gasteiger partial charge in [-0.25, -0.2) is 4.98 Å². The van der Waals surface area contributed by atoms with Gasteiger partial charge in [0.25, 0.3) is 0 Å². The topological polar surface area (TPSA) is 45.1 Å². The highest BCUT2D eigenvalue weighted by molar-refractivity contribution is 5.37. The second-order valence-corrected chi connectivity index (χ2v) is 4.00. The zero-order chi connectivity index (χ0) is 13.1. The summed E-state index contributed by atoms with van der Waals surface area (Å²) >= 11 is 0. The second-order valence-electron chi connectivity index (χ2n) is 4.00. The first kappa shape index (κ1) is 13.8. The van der Waals surface area contributed by atoms with E-state index in [2.05, 4.69) is 10.3 Å². The Labute approximate surface area is 97.7 Å². The Balaban J connectivity index is 2.79. The van der Waals surface area contributed by atoms with Crippen molar-refractivity contribution in [2.45, 2.75) is 26.1 Å². The van der Waals surface area contributed by atoms with Crippen LogP contribution in [0.5, 0.6) is 0 Å². The van der Waals surface area contributed by atoms with E-state index in [1.54, 1.807) is 13.8 Å². The zero-order valence-electron chi connectivity index (χ0n) is 9.62. The van der Waals surface area contributed by atoms with E-state index in [0.29, 0.717) is 0 Å². The highest BCUT2D eigenvalue weighted by Crippen LogP contribution is 2.28. The first-order valence-corrected chi connectivity index (χ1v) is 5.26. The molecule has 3 nitrogen and oxygen atoms in total. The van der Waals surface area contributed by atoms with Crippen LogP contribution in [0, 0.1) is 5.92 Å². The van der Waals surface area contributed by atoms with Gasteiger partial charge in [-0.3, -0.25) is 0 Å². The van der Waals surface area contributed by atoms with Crippen molar-refractivity contribution in [1.29, 1.82) is 0 Å². The van der Waals surface area contributed by atoms with Crippen LogP contribution in [-0.2, 0) is 6.18 Å². The smallest absolute Gasteiger partial charge is 0.396 e. The van der Waals surface area contributed by atoms with Crippen molar-refractivity contribution in [3.63, 3.8) is 0 Å². The second kappa shape index (κ2) is 5.35. The number of hydrogen-bond acceptors (Lipinski definition) is 3. The number of aromatic nitrogens is 1. The maximum absolute atomic E-state index is 12.4. The van der Waals surface area contributed by atoms with Crippen molar-refractivity contribution in [2.75, 3.05) is 11.9 Å². The number of pyridine rings is 1. The van der Waals surface area contributed by atoms with Gasteiger partial charge in [0.05, 0.1) is 0 Å². The highest BCUT2D eigenvalue weighted by atomic mass is 19.4. The molecule has 0 saturated heterocycles. The minimum atomic E-state index is -4.44. The molecule has 1 aromatic heterocycles. The summed E-state index contributed by atoms with van der Waals surface area (Å²) in [5.74, 6) is 0.0963. The maximum atomic E-state index is 12.4. The van der Waals surface area contributed by atoms with Gasteiger partial charge in [-0.1, -0.05) is 13.0 Å². The van der Waals surface area contributed by atoms with Crippen LogP contribution in [-0.4, -0.2) is 22.7 Å².